The Morgan fingerprint density at radius 3 is 2.69 bits per heavy atom. The van der Waals surface area contributed by atoms with Gasteiger partial charge < -0.3 is 15.1 Å². The van der Waals surface area contributed by atoms with Gasteiger partial charge in [-0.2, -0.15) is 0 Å². The molecule has 2 aromatic heterocycles. The Bertz CT molecular complexity index is 845. The minimum absolute atomic E-state index is 0.140. The van der Waals surface area contributed by atoms with Gasteiger partial charge >= 0.3 is 0 Å². The first-order valence-electron chi connectivity index (χ1n) is 9.85. The van der Waals surface area contributed by atoms with E-state index in [1.165, 1.54) is 30.6 Å². The van der Waals surface area contributed by atoms with E-state index in [1.807, 2.05) is 12.1 Å². The van der Waals surface area contributed by atoms with Crippen LogP contribution in [0.1, 0.15) is 31.1 Å². The second kappa shape index (κ2) is 10.8. The van der Waals surface area contributed by atoms with Gasteiger partial charge in [0, 0.05) is 26.7 Å². The smallest absolute Gasteiger partial charge is 0.250 e. The summed E-state index contributed by atoms with van der Waals surface area (Å²) in [6.45, 7) is 3.48. The molecular formula is C19H29N5O3S2. The van der Waals surface area contributed by atoms with Crippen molar-refractivity contribution >= 4 is 27.3 Å². The van der Waals surface area contributed by atoms with Crippen LogP contribution >= 0.6 is 11.3 Å². The maximum absolute atomic E-state index is 12.1. The monoisotopic (exact) mass is 439 g/mol. The molecule has 1 saturated heterocycles. The first kappa shape index (κ1) is 21.8. The summed E-state index contributed by atoms with van der Waals surface area (Å²) >= 11 is 1.20. The fraction of sp³-hybridized carbons (Fsp3) is 0.526. The van der Waals surface area contributed by atoms with E-state index in [4.69, 9.17) is 4.42 Å². The topological polar surface area (TPSA) is 99.0 Å². The third-order valence-electron chi connectivity index (χ3n) is 4.86. The van der Waals surface area contributed by atoms with Gasteiger partial charge in [0.2, 0.25) is 10.0 Å². The Balaban J connectivity index is 1.47. The van der Waals surface area contributed by atoms with Crippen molar-refractivity contribution in [3.8, 4) is 0 Å². The summed E-state index contributed by atoms with van der Waals surface area (Å²) in [4.78, 5) is 6.68. The zero-order valence-corrected chi connectivity index (χ0v) is 18.3. The molecule has 3 rings (SSSR count). The number of piperidine rings is 1. The molecule has 1 aliphatic heterocycles. The summed E-state index contributed by atoms with van der Waals surface area (Å²) in [7, 11) is -1.74. The van der Waals surface area contributed by atoms with Crippen molar-refractivity contribution in [3.63, 3.8) is 0 Å². The van der Waals surface area contributed by atoms with Crippen LogP contribution in [0.2, 0.25) is 0 Å². The van der Waals surface area contributed by atoms with E-state index in [9.17, 15) is 8.42 Å². The van der Waals surface area contributed by atoms with Gasteiger partial charge in [0.15, 0.2) is 5.96 Å². The van der Waals surface area contributed by atoms with Crippen LogP contribution in [0.4, 0.5) is 0 Å². The van der Waals surface area contributed by atoms with Gasteiger partial charge in [-0.3, -0.25) is 9.89 Å². The fourth-order valence-corrected chi connectivity index (χ4v) is 5.46. The Kier molecular flexibility index (Phi) is 8.10. The number of thiophene rings is 1. The van der Waals surface area contributed by atoms with Crippen LogP contribution in [0, 0.1) is 0 Å². The standard InChI is InChI=1S/C19H29N5O3S2/c1-20-19(21-9-10-23-29(25,26)18-8-6-14-28-18)22-15-16(17-7-5-13-27-17)24-11-3-2-4-12-24/h5-8,13-14,16,23H,2-4,9-12,15H2,1H3,(H2,20,21,22). The first-order valence-corrected chi connectivity index (χ1v) is 12.2. The van der Waals surface area contributed by atoms with Gasteiger partial charge in [-0.25, -0.2) is 13.1 Å². The summed E-state index contributed by atoms with van der Waals surface area (Å²) in [5, 5.41) is 8.25. The highest BCUT2D eigenvalue weighted by molar-refractivity contribution is 7.91. The molecule has 1 atom stereocenters. The number of nitrogens with zero attached hydrogens (tertiary/aromatic N) is 2. The van der Waals surface area contributed by atoms with E-state index in [0.29, 0.717) is 23.3 Å². The van der Waals surface area contributed by atoms with Crippen LogP contribution in [0.15, 0.2) is 49.5 Å². The number of hydrogen-bond acceptors (Lipinski definition) is 6. The van der Waals surface area contributed by atoms with Gasteiger partial charge in [-0.1, -0.05) is 12.5 Å². The molecule has 0 radical (unpaired) electrons. The van der Waals surface area contributed by atoms with Gasteiger partial charge in [0.05, 0.1) is 12.3 Å². The number of sulfonamides is 1. The Morgan fingerprint density at radius 2 is 2.03 bits per heavy atom. The lowest BCUT2D eigenvalue weighted by Crippen LogP contribution is -2.45. The number of hydrogen-bond donors (Lipinski definition) is 3. The fourth-order valence-electron chi connectivity index (χ4n) is 3.39. The van der Waals surface area contributed by atoms with E-state index in [0.717, 1.165) is 18.8 Å². The first-order chi connectivity index (χ1) is 14.1. The molecule has 3 N–H and O–H groups in total. The molecule has 29 heavy (non-hydrogen) atoms. The second-order valence-electron chi connectivity index (χ2n) is 6.84. The third kappa shape index (κ3) is 6.30. The van der Waals surface area contributed by atoms with Crippen LogP contribution in [-0.4, -0.2) is 59.0 Å². The predicted molar refractivity (Wildman–Crippen MR) is 116 cm³/mol. The number of aliphatic imine (C=N–C) groups is 1. The Labute approximate surface area is 176 Å². The van der Waals surface area contributed by atoms with Crippen LogP contribution in [-0.2, 0) is 10.0 Å². The van der Waals surface area contributed by atoms with Crippen LogP contribution in [0.3, 0.4) is 0 Å². The lowest BCUT2D eigenvalue weighted by Gasteiger charge is -2.33. The van der Waals surface area contributed by atoms with Gasteiger partial charge in [0.1, 0.15) is 9.97 Å². The van der Waals surface area contributed by atoms with Crippen molar-refractivity contribution in [2.24, 2.45) is 4.99 Å². The molecule has 10 heteroatoms. The van der Waals surface area contributed by atoms with Crippen LogP contribution < -0.4 is 15.4 Å². The molecule has 2 aromatic rings. The zero-order chi connectivity index (χ0) is 20.5. The molecule has 0 bridgehead atoms. The van der Waals surface area contributed by atoms with Gasteiger partial charge in [0.25, 0.3) is 0 Å². The summed E-state index contributed by atoms with van der Waals surface area (Å²) < 4.78 is 32.9. The lowest BCUT2D eigenvalue weighted by molar-refractivity contribution is 0.146. The van der Waals surface area contributed by atoms with E-state index in [2.05, 4.69) is 25.2 Å². The van der Waals surface area contributed by atoms with Crippen LogP contribution in [0.5, 0.6) is 0 Å². The summed E-state index contributed by atoms with van der Waals surface area (Å²) in [6, 6.07) is 7.38. The average molecular weight is 440 g/mol. The maximum Gasteiger partial charge on any atom is 0.250 e. The van der Waals surface area contributed by atoms with E-state index >= 15 is 0 Å². The van der Waals surface area contributed by atoms with Gasteiger partial charge in [-0.05, 0) is 49.5 Å². The molecule has 0 aromatic carbocycles. The molecule has 1 aliphatic rings. The van der Waals surface area contributed by atoms with E-state index < -0.39 is 10.0 Å². The minimum Gasteiger partial charge on any atom is -0.468 e. The van der Waals surface area contributed by atoms with Crippen LogP contribution in [0.25, 0.3) is 0 Å². The SMILES string of the molecule is CN=C(NCCNS(=O)(=O)c1cccs1)NCC(c1ccco1)N1CCCCC1. The molecule has 0 spiro atoms. The summed E-state index contributed by atoms with van der Waals surface area (Å²) in [5.74, 6) is 1.58. The molecule has 1 fully saturated rings. The molecular weight excluding hydrogens is 410 g/mol. The molecule has 1 unspecified atom stereocenters. The molecule has 160 valence electrons. The Hall–Kier alpha value is -1.88. The Morgan fingerprint density at radius 1 is 1.21 bits per heavy atom. The second-order valence-corrected chi connectivity index (χ2v) is 9.78. The van der Waals surface area contributed by atoms with Gasteiger partial charge in [-0.15, -0.1) is 11.3 Å². The van der Waals surface area contributed by atoms with Crippen molar-refractivity contribution in [2.45, 2.75) is 29.5 Å². The van der Waals surface area contributed by atoms with Crippen molar-refractivity contribution < 1.29 is 12.8 Å². The highest BCUT2D eigenvalue weighted by Crippen LogP contribution is 2.24. The normalized spacial score (nSPS) is 17.2. The van der Waals surface area contributed by atoms with Crippen molar-refractivity contribution in [1.29, 1.82) is 0 Å². The number of furan rings is 1. The molecule has 0 aliphatic carbocycles. The van der Waals surface area contributed by atoms with E-state index in [-0.39, 0.29) is 12.6 Å². The third-order valence-corrected chi connectivity index (χ3v) is 7.72. The highest BCUT2D eigenvalue weighted by atomic mass is 32.2. The number of guanidine groups is 1. The van der Waals surface area contributed by atoms with Crippen molar-refractivity contribution in [2.75, 3.05) is 39.8 Å². The predicted octanol–water partition coefficient (Wildman–Crippen LogP) is 2.01. The quantitative estimate of drug-likeness (QED) is 0.314. The van der Waals surface area contributed by atoms with E-state index in [1.54, 1.807) is 30.8 Å². The zero-order valence-electron chi connectivity index (χ0n) is 16.6. The minimum atomic E-state index is -3.44. The maximum atomic E-state index is 12.1. The number of rotatable bonds is 9. The molecule has 3 heterocycles. The summed E-state index contributed by atoms with van der Waals surface area (Å²) in [6.07, 6.45) is 5.39. The largest absolute Gasteiger partial charge is 0.468 e. The number of nitrogens with one attached hydrogen (secondary N) is 3. The highest BCUT2D eigenvalue weighted by Gasteiger charge is 2.24. The molecule has 8 nitrogen and oxygen atoms in total. The molecule has 0 saturated carbocycles. The molecule has 0 amide bonds. The summed E-state index contributed by atoms with van der Waals surface area (Å²) in [5.41, 5.74) is 0. The number of likely N-dealkylation sites (tertiary alicyclic amines) is 1. The van der Waals surface area contributed by atoms with Crippen molar-refractivity contribution in [1.82, 2.24) is 20.3 Å². The lowest BCUT2D eigenvalue weighted by atomic mass is 10.1. The average Bonchev–Trinajstić information content (AvgIpc) is 3.45. The van der Waals surface area contributed by atoms with Crippen molar-refractivity contribution in [3.05, 3.63) is 41.7 Å².